The fourth-order valence-corrected chi connectivity index (χ4v) is 5.72. The maximum atomic E-state index is 13.4. The van der Waals surface area contributed by atoms with Crippen molar-refractivity contribution in [1.82, 2.24) is 14.6 Å². The highest BCUT2D eigenvalue weighted by molar-refractivity contribution is 7.89. The Morgan fingerprint density at radius 1 is 1.38 bits per heavy atom. The molecule has 0 unspecified atom stereocenters. The zero-order chi connectivity index (χ0) is 22.9. The Morgan fingerprint density at radius 2 is 2.19 bits per heavy atom. The number of carbonyl (C=O) groups excluding carboxylic acids is 2. The van der Waals surface area contributed by atoms with E-state index in [1.54, 1.807) is 38.4 Å². The number of benzene rings is 1. The molecular formula is C22H26N4O5S. The second-order valence-electron chi connectivity index (χ2n) is 8.14. The topological polar surface area (TPSA) is 118 Å². The van der Waals surface area contributed by atoms with Gasteiger partial charge in [-0.25, -0.2) is 8.42 Å². The lowest BCUT2D eigenvalue weighted by Gasteiger charge is -2.32. The summed E-state index contributed by atoms with van der Waals surface area (Å²) in [5, 5.41) is 5.61. The number of nitrogens with one attached hydrogen (secondary N) is 2. The number of pyridine rings is 1. The van der Waals surface area contributed by atoms with Crippen LogP contribution < -0.4 is 15.4 Å². The summed E-state index contributed by atoms with van der Waals surface area (Å²) in [5.74, 6) is -0.549. The van der Waals surface area contributed by atoms with Crippen LogP contribution in [0.15, 0.2) is 41.6 Å². The molecule has 1 saturated heterocycles. The van der Waals surface area contributed by atoms with E-state index in [-0.39, 0.29) is 23.3 Å². The summed E-state index contributed by atoms with van der Waals surface area (Å²) >= 11 is 0. The molecule has 1 fully saturated rings. The first-order valence-corrected chi connectivity index (χ1v) is 12.0. The van der Waals surface area contributed by atoms with Crippen molar-refractivity contribution in [3.8, 4) is 5.75 Å². The molecule has 170 valence electrons. The smallest absolute Gasteiger partial charge is 0.265 e. The Labute approximate surface area is 187 Å². The molecule has 32 heavy (non-hydrogen) atoms. The quantitative estimate of drug-likeness (QED) is 0.706. The van der Waals surface area contributed by atoms with Gasteiger partial charge in [-0.2, -0.15) is 4.31 Å². The summed E-state index contributed by atoms with van der Waals surface area (Å²) in [5.41, 5.74) is 1.84. The number of amides is 2. The summed E-state index contributed by atoms with van der Waals surface area (Å²) in [6.45, 7) is 4.09. The lowest BCUT2D eigenvalue weighted by molar-refractivity contribution is -0.126. The van der Waals surface area contributed by atoms with Gasteiger partial charge < -0.3 is 15.4 Å². The standard InChI is InChI=1S/C22H26N4O5S/c1-14-9-18-19(31-15(2)21(27)25-18)10-20(14)32(29,30)26-8-4-6-17(13-26)22(28)24-12-16-5-3-7-23-11-16/h3,5,7,9-11,15,17H,4,6,8,12-13H2,1-2H3,(H,24,28)(H,25,27)/t15-,17-/m0/s1. The molecular weight excluding hydrogens is 432 g/mol. The Kier molecular flexibility index (Phi) is 6.16. The summed E-state index contributed by atoms with van der Waals surface area (Å²) in [4.78, 5) is 28.7. The van der Waals surface area contributed by atoms with E-state index >= 15 is 0 Å². The van der Waals surface area contributed by atoms with Gasteiger partial charge in [-0.05, 0) is 49.9 Å². The Morgan fingerprint density at radius 3 is 2.94 bits per heavy atom. The van der Waals surface area contributed by atoms with E-state index in [1.165, 1.54) is 10.4 Å². The number of hydrogen-bond acceptors (Lipinski definition) is 6. The van der Waals surface area contributed by atoms with Gasteiger partial charge >= 0.3 is 0 Å². The van der Waals surface area contributed by atoms with Gasteiger partial charge in [-0.1, -0.05) is 6.07 Å². The van der Waals surface area contributed by atoms with Gasteiger partial charge in [0.1, 0.15) is 5.75 Å². The predicted octanol–water partition coefficient (Wildman–Crippen LogP) is 1.83. The van der Waals surface area contributed by atoms with Crippen LogP contribution in [0.4, 0.5) is 5.69 Å². The van der Waals surface area contributed by atoms with Crippen molar-refractivity contribution in [3.05, 3.63) is 47.8 Å². The van der Waals surface area contributed by atoms with Crippen molar-refractivity contribution < 1.29 is 22.7 Å². The van der Waals surface area contributed by atoms with Crippen molar-refractivity contribution in [2.75, 3.05) is 18.4 Å². The third-order valence-corrected chi connectivity index (χ3v) is 7.78. The van der Waals surface area contributed by atoms with Crippen LogP contribution in [-0.4, -0.2) is 48.7 Å². The summed E-state index contributed by atoms with van der Waals surface area (Å²) in [7, 11) is -3.84. The molecule has 2 aliphatic rings. The monoisotopic (exact) mass is 458 g/mol. The van der Waals surface area contributed by atoms with Gasteiger partial charge in [-0.15, -0.1) is 0 Å². The molecule has 0 saturated carbocycles. The van der Waals surface area contributed by atoms with Gasteiger partial charge in [0.15, 0.2) is 6.10 Å². The number of sulfonamides is 1. The van der Waals surface area contributed by atoms with Gasteiger partial charge in [0.05, 0.1) is 16.5 Å². The van der Waals surface area contributed by atoms with E-state index in [1.807, 2.05) is 6.07 Å². The Bertz CT molecular complexity index is 1140. The van der Waals surface area contributed by atoms with E-state index in [9.17, 15) is 18.0 Å². The zero-order valence-electron chi connectivity index (χ0n) is 18.0. The molecule has 9 nitrogen and oxygen atoms in total. The maximum absolute atomic E-state index is 13.4. The number of fused-ring (bicyclic) bond motifs is 1. The highest BCUT2D eigenvalue weighted by Crippen LogP contribution is 2.36. The van der Waals surface area contributed by atoms with Crippen molar-refractivity contribution in [1.29, 1.82) is 0 Å². The SMILES string of the molecule is Cc1cc2c(cc1S(=O)(=O)N1CCC[C@H](C(=O)NCc3cccnc3)C1)O[C@@H](C)C(=O)N2. The first kappa shape index (κ1) is 22.2. The predicted molar refractivity (Wildman–Crippen MR) is 117 cm³/mol. The lowest BCUT2D eigenvalue weighted by atomic mass is 9.99. The van der Waals surface area contributed by atoms with Gasteiger partial charge in [0.2, 0.25) is 15.9 Å². The van der Waals surface area contributed by atoms with Crippen LogP contribution in [0.1, 0.15) is 30.9 Å². The molecule has 1 aromatic heterocycles. The number of rotatable bonds is 5. The van der Waals surface area contributed by atoms with E-state index < -0.39 is 22.0 Å². The van der Waals surface area contributed by atoms with Gasteiger partial charge in [-0.3, -0.25) is 14.6 Å². The highest BCUT2D eigenvalue weighted by atomic mass is 32.2. The van der Waals surface area contributed by atoms with Crippen LogP contribution in [0.3, 0.4) is 0 Å². The molecule has 1 aromatic carbocycles. The van der Waals surface area contributed by atoms with E-state index in [2.05, 4.69) is 15.6 Å². The number of aryl methyl sites for hydroxylation is 1. The largest absolute Gasteiger partial charge is 0.479 e. The molecule has 0 bridgehead atoms. The molecule has 0 spiro atoms. The fraction of sp³-hybridized carbons (Fsp3) is 0.409. The minimum Gasteiger partial charge on any atom is -0.479 e. The van der Waals surface area contributed by atoms with E-state index in [0.717, 1.165) is 5.56 Å². The summed E-state index contributed by atoms with van der Waals surface area (Å²) < 4.78 is 33.8. The molecule has 0 aliphatic carbocycles. The number of aromatic nitrogens is 1. The first-order chi connectivity index (χ1) is 15.3. The molecule has 4 rings (SSSR count). The molecule has 10 heteroatoms. The van der Waals surface area contributed by atoms with Gasteiger partial charge in [0, 0.05) is 38.1 Å². The minimum absolute atomic E-state index is 0.117. The second-order valence-corrected chi connectivity index (χ2v) is 10.1. The molecule has 2 atom stereocenters. The van der Waals surface area contributed by atoms with E-state index in [4.69, 9.17) is 4.74 Å². The number of carbonyl (C=O) groups is 2. The van der Waals surface area contributed by atoms with Crippen molar-refractivity contribution in [2.24, 2.45) is 5.92 Å². The lowest BCUT2D eigenvalue weighted by Crippen LogP contribution is -2.45. The van der Waals surface area contributed by atoms with Crippen LogP contribution in [0, 0.1) is 12.8 Å². The maximum Gasteiger partial charge on any atom is 0.265 e. The number of ether oxygens (including phenoxy) is 1. The van der Waals surface area contributed by atoms with Gasteiger partial charge in [0.25, 0.3) is 5.91 Å². The average Bonchev–Trinajstić information content (AvgIpc) is 2.79. The van der Waals surface area contributed by atoms with Crippen molar-refractivity contribution in [2.45, 2.75) is 44.2 Å². The average molecular weight is 459 g/mol. The molecule has 2 aromatic rings. The van der Waals surface area contributed by atoms with Crippen LogP contribution in [-0.2, 0) is 26.2 Å². The van der Waals surface area contributed by atoms with Crippen LogP contribution in [0.5, 0.6) is 5.75 Å². The molecule has 2 N–H and O–H groups in total. The van der Waals surface area contributed by atoms with Crippen LogP contribution >= 0.6 is 0 Å². The van der Waals surface area contributed by atoms with E-state index in [0.29, 0.717) is 42.9 Å². The Hall–Kier alpha value is -2.98. The minimum atomic E-state index is -3.84. The molecule has 0 radical (unpaired) electrons. The highest BCUT2D eigenvalue weighted by Gasteiger charge is 2.35. The van der Waals surface area contributed by atoms with Crippen molar-refractivity contribution in [3.63, 3.8) is 0 Å². The van der Waals surface area contributed by atoms with Crippen molar-refractivity contribution >= 4 is 27.5 Å². The second kappa shape index (κ2) is 8.87. The number of hydrogen-bond donors (Lipinski definition) is 2. The van der Waals surface area contributed by atoms with Crippen LogP contribution in [0.25, 0.3) is 0 Å². The third kappa shape index (κ3) is 4.46. The zero-order valence-corrected chi connectivity index (χ0v) is 18.8. The molecule has 3 heterocycles. The van der Waals surface area contributed by atoms with Crippen LogP contribution in [0.2, 0.25) is 0 Å². The fourth-order valence-electron chi connectivity index (χ4n) is 3.97. The normalized spacial score (nSPS) is 21.2. The third-order valence-electron chi connectivity index (χ3n) is 5.77. The first-order valence-electron chi connectivity index (χ1n) is 10.5. The summed E-state index contributed by atoms with van der Waals surface area (Å²) in [6.07, 6.45) is 3.86. The Balaban J connectivity index is 1.50. The molecule has 2 aliphatic heterocycles. The summed E-state index contributed by atoms with van der Waals surface area (Å²) in [6, 6.07) is 6.73. The number of nitrogens with zero attached hydrogens (tertiary/aromatic N) is 2. The number of piperidine rings is 1. The molecule has 2 amide bonds. The number of anilines is 1.